The smallest absolute Gasteiger partial charge is 0.267 e. The molecule has 0 aliphatic heterocycles. The van der Waals surface area contributed by atoms with E-state index >= 15 is 0 Å². The first-order chi connectivity index (χ1) is 14.9. The van der Waals surface area contributed by atoms with Crippen LogP contribution < -0.4 is 11.0 Å². The third kappa shape index (κ3) is 3.50. The van der Waals surface area contributed by atoms with Crippen LogP contribution in [0.5, 0.6) is 0 Å². The number of aryl methyl sites for hydroxylation is 4. The van der Waals surface area contributed by atoms with Crippen molar-refractivity contribution in [1.82, 2.24) is 19.4 Å². The van der Waals surface area contributed by atoms with Crippen molar-refractivity contribution in [3.05, 3.63) is 48.1 Å². The number of nitrogens with zero attached hydrogens (tertiary/aromatic N) is 5. The van der Waals surface area contributed by atoms with E-state index in [1.807, 2.05) is 0 Å². The van der Waals surface area contributed by atoms with Gasteiger partial charge in [-0.3, -0.25) is 29.8 Å². The van der Waals surface area contributed by atoms with Crippen LogP contribution in [0.4, 0.5) is 5.69 Å². The lowest BCUT2D eigenvalue weighted by Gasteiger charge is -2.33. The Morgan fingerprint density at radius 2 is 2.00 bits per heavy atom. The highest BCUT2D eigenvalue weighted by Gasteiger charge is 2.33. The van der Waals surface area contributed by atoms with Crippen molar-refractivity contribution in [2.24, 2.45) is 18.4 Å². The number of carbonyl (C=O) groups excluding carboxylic acids is 1. The molecule has 3 heterocycles. The molecule has 1 aliphatic carbocycles. The van der Waals surface area contributed by atoms with Crippen LogP contribution in [0.2, 0.25) is 0 Å². The van der Waals surface area contributed by atoms with Gasteiger partial charge in [0.05, 0.1) is 10.3 Å². The Morgan fingerprint density at radius 3 is 2.62 bits per heavy atom. The monoisotopic (exact) mass is 458 g/mol. The highest BCUT2D eigenvalue weighted by atomic mass is 32.1. The second-order valence-corrected chi connectivity index (χ2v) is 10.5. The highest BCUT2D eigenvalue weighted by Crippen LogP contribution is 2.42. The first-order valence-corrected chi connectivity index (χ1v) is 11.2. The lowest BCUT2D eigenvalue weighted by Crippen LogP contribution is -2.36. The maximum Gasteiger partial charge on any atom is 0.322 e. The summed E-state index contributed by atoms with van der Waals surface area (Å²) in [5.74, 6) is 0.0473. The number of hydrogen-bond donors (Lipinski definition) is 1. The number of nitrogens with one attached hydrogen (secondary N) is 1. The van der Waals surface area contributed by atoms with E-state index in [1.54, 1.807) is 18.3 Å². The first-order valence-electron chi connectivity index (χ1n) is 10.4. The Morgan fingerprint density at radius 1 is 1.31 bits per heavy atom. The molecule has 32 heavy (non-hydrogen) atoms. The molecule has 4 rings (SSSR count). The van der Waals surface area contributed by atoms with Crippen LogP contribution >= 0.6 is 11.3 Å². The molecule has 1 amide bonds. The summed E-state index contributed by atoms with van der Waals surface area (Å²) >= 11 is 1.54. The Labute approximate surface area is 188 Å². The largest absolute Gasteiger partial charge is 0.322 e. The van der Waals surface area contributed by atoms with Gasteiger partial charge in [0.25, 0.3) is 11.5 Å². The van der Waals surface area contributed by atoms with E-state index in [-0.39, 0.29) is 28.0 Å². The lowest BCUT2D eigenvalue weighted by atomic mass is 9.72. The van der Waals surface area contributed by atoms with E-state index in [1.165, 1.54) is 18.8 Å². The predicted molar refractivity (Wildman–Crippen MR) is 122 cm³/mol. The summed E-state index contributed by atoms with van der Waals surface area (Å²) in [6, 6.07) is 0. The third-order valence-corrected chi connectivity index (χ3v) is 7.43. The maximum atomic E-state index is 13.4. The topological polar surface area (TPSA) is 125 Å². The van der Waals surface area contributed by atoms with Crippen LogP contribution in [0.25, 0.3) is 10.2 Å². The number of aromatic nitrogens is 4. The van der Waals surface area contributed by atoms with E-state index in [4.69, 9.17) is 0 Å². The van der Waals surface area contributed by atoms with Crippen LogP contribution in [-0.4, -0.2) is 30.3 Å². The second-order valence-electron chi connectivity index (χ2n) is 9.39. The molecular weight excluding hydrogens is 432 g/mol. The Balaban J connectivity index is 1.77. The van der Waals surface area contributed by atoms with Gasteiger partial charge in [-0.15, -0.1) is 11.3 Å². The number of fused-ring (bicyclic) bond motifs is 3. The van der Waals surface area contributed by atoms with Crippen LogP contribution in [-0.2, 0) is 19.9 Å². The molecule has 1 aliphatic rings. The lowest BCUT2D eigenvalue weighted by molar-refractivity contribution is -0.385. The molecule has 3 aromatic heterocycles. The van der Waals surface area contributed by atoms with Crippen molar-refractivity contribution in [3.63, 3.8) is 0 Å². The number of nitro groups is 1. The fourth-order valence-electron chi connectivity index (χ4n) is 4.47. The van der Waals surface area contributed by atoms with Crippen LogP contribution in [0.3, 0.4) is 0 Å². The van der Waals surface area contributed by atoms with Gasteiger partial charge < -0.3 is 0 Å². The molecular formula is C21H26N6O4S. The summed E-state index contributed by atoms with van der Waals surface area (Å²) in [5, 5.41) is 15.9. The molecule has 0 fully saturated rings. The zero-order valence-electron chi connectivity index (χ0n) is 19.0. The van der Waals surface area contributed by atoms with Gasteiger partial charge in [-0.1, -0.05) is 20.8 Å². The summed E-state index contributed by atoms with van der Waals surface area (Å²) < 4.78 is 2.23. The number of hydrogen-bond acceptors (Lipinski definition) is 7. The van der Waals surface area contributed by atoms with E-state index in [0.717, 1.165) is 34.2 Å². The quantitative estimate of drug-likeness (QED) is 0.474. The first kappa shape index (κ1) is 22.1. The zero-order chi connectivity index (χ0) is 23.5. The third-order valence-electron chi connectivity index (χ3n) is 6.28. The Hall–Kier alpha value is -3.08. The molecule has 0 spiro atoms. The summed E-state index contributed by atoms with van der Waals surface area (Å²) in [5.41, 5.74) is 2.85. The summed E-state index contributed by atoms with van der Waals surface area (Å²) in [4.78, 5) is 43.5. The Bertz CT molecular complexity index is 1330. The van der Waals surface area contributed by atoms with Gasteiger partial charge in [-0.25, -0.2) is 9.66 Å². The minimum atomic E-state index is -0.789. The minimum Gasteiger partial charge on any atom is -0.267 e. The Kier molecular flexibility index (Phi) is 5.19. The van der Waals surface area contributed by atoms with Crippen molar-refractivity contribution in [2.45, 2.75) is 53.9 Å². The molecule has 1 atom stereocenters. The van der Waals surface area contributed by atoms with Crippen molar-refractivity contribution in [2.75, 3.05) is 5.43 Å². The summed E-state index contributed by atoms with van der Waals surface area (Å²) in [6.07, 6.45) is 2.69. The molecule has 1 N–H and O–H groups in total. The normalized spacial score (nSPS) is 16.2. The molecule has 0 bridgehead atoms. The van der Waals surface area contributed by atoms with Gasteiger partial charge in [0, 0.05) is 11.9 Å². The average Bonchev–Trinajstić information content (AvgIpc) is 3.19. The molecule has 1 unspecified atom stereocenters. The maximum absolute atomic E-state index is 13.4. The highest BCUT2D eigenvalue weighted by molar-refractivity contribution is 7.18. The number of thiophene rings is 1. The molecule has 11 heteroatoms. The molecule has 0 aromatic carbocycles. The fourth-order valence-corrected chi connectivity index (χ4v) is 5.81. The number of rotatable bonds is 3. The predicted octanol–water partition coefficient (Wildman–Crippen LogP) is 3.25. The van der Waals surface area contributed by atoms with E-state index in [0.29, 0.717) is 22.0 Å². The van der Waals surface area contributed by atoms with Crippen molar-refractivity contribution < 1.29 is 9.72 Å². The standard InChI is InChI=1S/C21H26N6O4S/c1-10-16(27(30)31)17(25(6)23-10)18(28)24-26-11(2)22-19-15(20(26)29)13-8-7-12(21(3,4)5)9-14(13)32-19/h12H,7-9H2,1-6H3,(H,24,28). The average molecular weight is 459 g/mol. The van der Waals surface area contributed by atoms with Crippen LogP contribution in [0, 0.1) is 35.3 Å². The van der Waals surface area contributed by atoms with Gasteiger partial charge >= 0.3 is 5.69 Å². The van der Waals surface area contributed by atoms with Gasteiger partial charge in [0.1, 0.15) is 16.3 Å². The second kappa shape index (κ2) is 7.51. The molecule has 3 aromatic rings. The molecule has 0 saturated heterocycles. The van der Waals surface area contributed by atoms with Crippen LogP contribution in [0.15, 0.2) is 4.79 Å². The van der Waals surface area contributed by atoms with Crippen LogP contribution in [0.1, 0.15) is 59.6 Å². The van der Waals surface area contributed by atoms with E-state index in [2.05, 4.69) is 36.3 Å². The van der Waals surface area contributed by atoms with E-state index in [9.17, 15) is 19.7 Å². The molecule has 0 radical (unpaired) electrons. The van der Waals surface area contributed by atoms with Gasteiger partial charge in [0.15, 0.2) is 0 Å². The van der Waals surface area contributed by atoms with Gasteiger partial charge in [-0.2, -0.15) is 5.10 Å². The molecule has 0 saturated carbocycles. The molecule has 170 valence electrons. The zero-order valence-corrected chi connectivity index (χ0v) is 19.8. The SMILES string of the molecule is Cc1nn(C)c(C(=O)Nn2c(C)nc3sc4c(c3c2=O)CCC(C(C)(C)C)C4)c1[N+](=O)[O-]. The summed E-state index contributed by atoms with van der Waals surface area (Å²) in [6.45, 7) is 9.80. The van der Waals surface area contributed by atoms with Crippen molar-refractivity contribution >= 4 is 33.1 Å². The van der Waals surface area contributed by atoms with Gasteiger partial charge in [0.2, 0.25) is 5.69 Å². The summed E-state index contributed by atoms with van der Waals surface area (Å²) in [7, 11) is 1.45. The van der Waals surface area contributed by atoms with Crippen molar-refractivity contribution in [3.8, 4) is 0 Å². The minimum absolute atomic E-state index is 0.126. The molecule has 10 nitrogen and oxygen atoms in total. The number of carbonyl (C=O) groups is 1. The fraction of sp³-hybridized carbons (Fsp3) is 0.524. The van der Waals surface area contributed by atoms with E-state index < -0.39 is 10.8 Å². The van der Waals surface area contributed by atoms with Crippen molar-refractivity contribution in [1.29, 1.82) is 0 Å². The number of amides is 1. The van der Waals surface area contributed by atoms with Gasteiger partial charge in [-0.05, 0) is 50.0 Å².